The molecule has 2 atom stereocenters. The first-order chi connectivity index (χ1) is 10.2. The molecule has 2 N–H and O–H groups in total. The zero-order chi connectivity index (χ0) is 14.7. The van der Waals surface area contributed by atoms with Gasteiger partial charge in [0.25, 0.3) is 0 Å². The number of nitrogens with two attached hydrogens (primary N) is 1. The first-order valence-electron chi connectivity index (χ1n) is 7.90. The Balaban J connectivity index is 1.63. The second-order valence-corrected chi connectivity index (χ2v) is 6.40. The fourth-order valence-corrected chi connectivity index (χ4v) is 3.28. The van der Waals surface area contributed by atoms with Gasteiger partial charge in [0.2, 0.25) is 0 Å². The smallest absolute Gasteiger partial charge is 0.191 e. The van der Waals surface area contributed by atoms with Crippen LogP contribution >= 0.6 is 0 Å². The summed E-state index contributed by atoms with van der Waals surface area (Å²) in [5.41, 5.74) is 7.52. The van der Waals surface area contributed by atoms with E-state index in [0.717, 1.165) is 45.4 Å². The van der Waals surface area contributed by atoms with Crippen LogP contribution in [0.15, 0.2) is 35.3 Å². The molecule has 114 valence electrons. The summed E-state index contributed by atoms with van der Waals surface area (Å²) in [6, 6.07) is 10.6. The van der Waals surface area contributed by atoms with Crippen molar-refractivity contribution >= 4 is 5.96 Å². The van der Waals surface area contributed by atoms with E-state index in [0.29, 0.717) is 12.1 Å². The van der Waals surface area contributed by atoms with E-state index in [4.69, 9.17) is 10.5 Å². The van der Waals surface area contributed by atoms with E-state index in [-0.39, 0.29) is 5.54 Å². The minimum atomic E-state index is 0.0197. The molecule has 21 heavy (non-hydrogen) atoms. The van der Waals surface area contributed by atoms with Crippen LogP contribution in [0.25, 0.3) is 0 Å². The molecule has 0 aliphatic carbocycles. The summed E-state index contributed by atoms with van der Waals surface area (Å²) in [5.74, 6) is 0.682. The molecule has 1 fully saturated rings. The Morgan fingerprint density at radius 3 is 2.90 bits per heavy atom. The second kappa shape index (κ2) is 6.06. The van der Waals surface area contributed by atoms with Gasteiger partial charge < -0.3 is 15.4 Å². The minimum absolute atomic E-state index is 0.0197. The third-order valence-corrected chi connectivity index (χ3v) is 4.72. The molecule has 2 aliphatic rings. The maximum atomic E-state index is 6.12. The summed E-state index contributed by atoms with van der Waals surface area (Å²) in [6.07, 6.45) is 4.73. The van der Waals surface area contributed by atoms with Crippen LogP contribution < -0.4 is 5.73 Å². The average molecular weight is 287 g/mol. The van der Waals surface area contributed by atoms with Crippen molar-refractivity contribution in [3.63, 3.8) is 0 Å². The van der Waals surface area contributed by atoms with Gasteiger partial charge in [-0.05, 0) is 38.2 Å². The summed E-state index contributed by atoms with van der Waals surface area (Å²) in [4.78, 5) is 6.76. The van der Waals surface area contributed by atoms with Crippen molar-refractivity contribution in [3.05, 3.63) is 35.9 Å². The molecule has 0 radical (unpaired) electrons. The molecule has 0 aromatic heterocycles. The lowest BCUT2D eigenvalue weighted by atomic mass is 9.92. The van der Waals surface area contributed by atoms with Gasteiger partial charge in [0, 0.05) is 13.2 Å². The number of hydrogen-bond donors (Lipinski definition) is 1. The third-order valence-electron chi connectivity index (χ3n) is 4.72. The number of ether oxygens (including phenoxy) is 1. The van der Waals surface area contributed by atoms with Gasteiger partial charge in [0.05, 0.1) is 18.2 Å². The zero-order valence-electron chi connectivity index (χ0n) is 12.8. The maximum Gasteiger partial charge on any atom is 0.191 e. The van der Waals surface area contributed by atoms with Gasteiger partial charge >= 0.3 is 0 Å². The highest BCUT2D eigenvalue weighted by atomic mass is 16.5. The molecule has 1 saturated heterocycles. The van der Waals surface area contributed by atoms with Crippen molar-refractivity contribution in [1.82, 2.24) is 4.90 Å². The normalized spacial score (nSPS) is 28.9. The second-order valence-electron chi connectivity index (χ2n) is 6.40. The fraction of sp³-hybridized carbons (Fsp3) is 0.588. The van der Waals surface area contributed by atoms with E-state index in [2.05, 4.69) is 47.1 Å². The fourth-order valence-electron chi connectivity index (χ4n) is 3.28. The summed E-state index contributed by atoms with van der Waals surface area (Å²) < 4.78 is 5.77. The van der Waals surface area contributed by atoms with Crippen LogP contribution in [-0.2, 0) is 11.2 Å². The van der Waals surface area contributed by atoms with Gasteiger partial charge in [-0.3, -0.25) is 4.99 Å². The number of guanidine groups is 1. The molecule has 2 unspecified atom stereocenters. The van der Waals surface area contributed by atoms with E-state index in [1.54, 1.807) is 0 Å². The first kappa shape index (κ1) is 14.4. The Kier molecular flexibility index (Phi) is 4.15. The van der Waals surface area contributed by atoms with E-state index in [1.165, 1.54) is 5.56 Å². The van der Waals surface area contributed by atoms with E-state index in [1.807, 2.05) is 0 Å². The van der Waals surface area contributed by atoms with Crippen molar-refractivity contribution in [2.45, 2.75) is 44.2 Å². The van der Waals surface area contributed by atoms with E-state index >= 15 is 0 Å². The number of benzene rings is 1. The molecule has 0 saturated carbocycles. The van der Waals surface area contributed by atoms with Gasteiger partial charge in [-0.15, -0.1) is 0 Å². The molecule has 0 amide bonds. The van der Waals surface area contributed by atoms with Crippen molar-refractivity contribution in [2.75, 3.05) is 19.7 Å². The van der Waals surface area contributed by atoms with Gasteiger partial charge in [0.1, 0.15) is 0 Å². The number of aryl methyl sites for hydroxylation is 1. The molecule has 2 aliphatic heterocycles. The SMILES string of the molecule is CC1(CCc2ccccc2)CN=C(N)N1CC1CCCO1. The standard InChI is InChI=1S/C17H25N3O/c1-17(10-9-14-6-3-2-4-7-14)13-19-16(18)20(17)12-15-8-5-11-21-15/h2-4,6-7,15H,5,8-13H2,1H3,(H2,18,19). The van der Waals surface area contributed by atoms with Crippen molar-refractivity contribution < 1.29 is 4.74 Å². The van der Waals surface area contributed by atoms with Crippen LogP contribution in [0.4, 0.5) is 0 Å². The minimum Gasteiger partial charge on any atom is -0.376 e. The summed E-state index contributed by atoms with van der Waals surface area (Å²) in [5, 5.41) is 0. The Morgan fingerprint density at radius 1 is 1.38 bits per heavy atom. The van der Waals surface area contributed by atoms with Crippen LogP contribution in [0, 0.1) is 0 Å². The molecule has 0 spiro atoms. The molecule has 4 nitrogen and oxygen atoms in total. The lowest BCUT2D eigenvalue weighted by molar-refractivity contribution is 0.0675. The molecule has 1 aromatic rings. The van der Waals surface area contributed by atoms with Crippen LogP contribution in [0.3, 0.4) is 0 Å². The number of rotatable bonds is 5. The van der Waals surface area contributed by atoms with Gasteiger partial charge in [-0.1, -0.05) is 30.3 Å². The predicted octanol–water partition coefficient (Wildman–Crippen LogP) is 2.19. The zero-order valence-corrected chi connectivity index (χ0v) is 12.8. The topological polar surface area (TPSA) is 50.8 Å². The van der Waals surface area contributed by atoms with Crippen LogP contribution in [0.2, 0.25) is 0 Å². The van der Waals surface area contributed by atoms with Crippen LogP contribution in [-0.4, -0.2) is 42.2 Å². The maximum absolute atomic E-state index is 6.12. The van der Waals surface area contributed by atoms with Gasteiger partial charge in [0.15, 0.2) is 5.96 Å². The lowest BCUT2D eigenvalue weighted by Crippen LogP contribution is -2.52. The number of aliphatic imine (C=N–C) groups is 1. The molecule has 4 heteroatoms. The highest BCUT2D eigenvalue weighted by Crippen LogP contribution is 2.28. The monoisotopic (exact) mass is 287 g/mol. The Bertz CT molecular complexity index is 496. The molecular formula is C17H25N3O. The molecule has 2 heterocycles. The van der Waals surface area contributed by atoms with Crippen molar-refractivity contribution in [1.29, 1.82) is 0 Å². The quantitative estimate of drug-likeness (QED) is 0.903. The summed E-state index contributed by atoms with van der Waals surface area (Å²) >= 11 is 0. The van der Waals surface area contributed by atoms with Crippen LogP contribution in [0.5, 0.6) is 0 Å². The number of hydrogen-bond acceptors (Lipinski definition) is 4. The third kappa shape index (κ3) is 3.21. The predicted molar refractivity (Wildman–Crippen MR) is 85.3 cm³/mol. The lowest BCUT2D eigenvalue weighted by Gasteiger charge is -2.37. The Hall–Kier alpha value is -1.55. The molecule has 3 rings (SSSR count). The summed E-state index contributed by atoms with van der Waals surface area (Å²) in [7, 11) is 0. The van der Waals surface area contributed by atoms with E-state index in [9.17, 15) is 0 Å². The highest BCUT2D eigenvalue weighted by molar-refractivity contribution is 5.81. The number of nitrogens with zero attached hydrogens (tertiary/aromatic N) is 2. The largest absolute Gasteiger partial charge is 0.376 e. The van der Waals surface area contributed by atoms with Gasteiger partial charge in [-0.25, -0.2) is 0 Å². The van der Waals surface area contributed by atoms with Crippen molar-refractivity contribution in [3.8, 4) is 0 Å². The summed E-state index contributed by atoms with van der Waals surface area (Å²) in [6.45, 7) is 4.82. The molecule has 0 bridgehead atoms. The van der Waals surface area contributed by atoms with Crippen LogP contribution in [0.1, 0.15) is 31.7 Å². The van der Waals surface area contributed by atoms with Crippen molar-refractivity contribution in [2.24, 2.45) is 10.7 Å². The van der Waals surface area contributed by atoms with E-state index < -0.39 is 0 Å². The molecular weight excluding hydrogens is 262 g/mol. The Labute approximate surface area is 127 Å². The average Bonchev–Trinajstić information content (AvgIpc) is 3.11. The Morgan fingerprint density at radius 2 is 2.19 bits per heavy atom. The highest BCUT2D eigenvalue weighted by Gasteiger charge is 2.39. The first-order valence-corrected chi connectivity index (χ1v) is 7.90. The molecule has 1 aromatic carbocycles. The van der Waals surface area contributed by atoms with Gasteiger partial charge in [-0.2, -0.15) is 0 Å².